The zero-order valence-corrected chi connectivity index (χ0v) is 11.7. The average molecular weight is 284 g/mol. The maximum Gasteiger partial charge on any atom is 0.311 e. The molecule has 0 spiro atoms. The molecule has 1 aromatic rings. The quantitative estimate of drug-likeness (QED) is 0.845. The molecule has 2 heterocycles. The molecule has 6 nitrogen and oxygen atoms in total. The maximum atomic E-state index is 11.9. The van der Waals surface area contributed by atoms with Crippen LogP contribution >= 0.6 is 11.3 Å². The van der Waals surface area contributed by atoms with Gasteiger partial charge in [-0.3, -0.25) is 14.9 Å². The van der Waals surface area contributed by atoms with Gasteiger partial charge in [-0.15, -0.1) is 11.3 Å². The van der Waals surface area contributed by atoms with Crippen LogP contribution < -0.4 is 5.32 Å². The van der Waals surface area contributed by atoms with Gasteiger partial charge in [0.2, 0.25) is 0 Å². The van der Waals surface area contributed by atoms with Crippen molar-refractivity contribution in [2.24, 2.45) is 0 Å². The van der Waals surface area contributed by atoms with Crippen molar-refractivity contribution >= 4 is 28.3 Å². The number of carbonyl (C=O) groups excluding carboxylic acids is 2. The number of anilines is 1. The van der Waals surface area contributed by atoms with Crippen LogP contribution in [0, 0.1) is 0 Å². The third-order valence-corrected chi connectivity index (χ3v) is 3.67. The third-order valence-electron chi connectivity index (χ3n) is 2.86. The topological polar surface area (TPSA) is 77.5 Å². The van der Waals surface area contributed by atoms with Gasteiger partial charge in [-0.25, -0.2) is 4.98 Å². The van der Waals surface area contributed by atoms with E-state index >= 15 is 0 Å². The minimum atomic E-state index is -0.400. The van der Waals surface area contributed by atoms with Crippen LogP contribution in [-0.2, 0) is 25.5 Å². The molecule has 19 heavy (non-hydrogen) atoms. The smallest absolute Gasteiger partial charge is 0.311 e. The van der Waals surface area contributed by atoms with Crippen LogP contribution in [0.3, 0.4) is 0 Å². The van der Waals surface area contributed by atoms with E-state index in [1.165, 1.54) is 18.4 Å². The Balaban J connectivity index is 1.89. The lowest BCUT2D eigenvalue weighted by molar-refractivity contribution is -0.139. The SMILES string of the molecule is COC(=O)Cc1csc(NC(=O)C2CCC(C)O2)n1. The minimum absolute atomic E-state index is 0.111. The zero-order chi connectivity index (χ0) is 13.8. The predicted molar refractivity (Wildman–Crippen MR) is 70.0 cm³/mol. The number of hydrogen-bond donors (Lipinski definition) is 1. The van der Waals surface area contributed by atoms with E-state index in [-0.39, 0.29) is 24.4 Å². The van der Waals surface area contributed by atoms with Gasteiger partial charge < -0.3 is 9.47 Å². The normalized spacial score (nSPS) is 22.2. The molecule has 1 amide bonds. The minimum Gasteiger partial charge on any atom is -0.469 e. The van der Waals surface area contributed by atoms with Crippen LogP contribution in [0.4, 0.5) is 5.13 Å². The van der Waals surface area contributed by atoms with Crippen molar-refractivity contribution in [3.05, 3.63) is 11.1 Å². The Labute approximate surface area is 115 Å². The van der Waals surface area contributed by atoms with Crippen LogP contribution in [0.25, 0.3) is 0 Å². The van der Waals surface area contributed by atoms with Gasteiger partial charge in [-0.1, -0.05) is 0 Å². The Hall–Kier alpha value is -1.47. The molecule has 104 valence electrons. The first-order chi connectivity index (χ1) is 9.08. The molecule has 1 saturated heterocycles. The van der Waals surface area contributed by atoms with Crippen molar-refractivity contribution in [1.82, 2.24) is 4.98 Å². The largest absolute Gasteiger partial charge is 0.469 e. The Bertz CT molecular complexity index is 474. The second-order valence-electron chi connectivity index (χ2n) is 4.40. The second-order valence-corrected chi connectivity index (χ2v) is 5.26. The number of methoxy groups -OCH3 is 1. The van der Waals surface area contributed by atoms with Gasteiger partial charge in [0.25, 0.3) is 5.91 Å². The Morgan fingerprint density at radius 1 is 1.58 bits per heavy atom. The number of nitrogens with one attached hydrogen (secondary N) is 1. The Kier molecular flexibility index (Phi) is 4.49. The number of aromatic nitrogens is 1. The summed E-state index contributed by atoms with van der Waals surface area (Å²) in [5.41, 5.74) is 0.591. The van der Waals surface area contributed by atoms with E-state index < -0.39 is 6.10 Å². The number of rotatable bonds is 4. The van der Waals surface area contributed by atoms with E-state index in [2.05, 4.69) is 15.0 Å². The number of hydrogen-bond acceptors (Lipinski definition) is 6. The summed E-state index contributed by atoms with van der Waals surface area (Å²) in [5.74, 6) is -0.528. The highest BCUT2D eigenvalue weighted by Crippen LogP contribution is 2.22. The van der Waals surface area contributed by atoms with E-state index in [9.17, 15) is 9.59 Å². The lowest BCUT2D eigenvalue weighted by Crippen LogP contribution is -2.27. The standard InChI is InChI=1S/C12H16N2O4S/c1-7-3-4-9(18-7)11(16)14-12-13-8(6-19-12)5-10(15)17-2/h6-7,9H,3-5H2,1-2H3,(H,13,14,16). The van der Waals surface area contributed by atoms with Crippen LogP contribution in [0.5, 0.6) is 0 Å². The number of nitrogens with zero attached hydrogens (tertiary/aromatic N) is 1. The summed E-state index contributed by atoms with van der Waals surface area (Å²) >= 11 is 1.28. The first kappa shape index (κ1) is 14.0. The molecular weight excluding hydrogens is 268 g/mol. The zero-order valence-electron chi connectivity index (χ0n) is 10.8. The van der Waals surface area contributed by atoms with Crippen LogP contribution in [0.15, 0.2) is 5.38 Å². The highest BCUT2D eigenvalue weighted by atomic mass is 32.1. The van der Waals surface area contributed by atoms with Crippen molar-refractivity contribution in [3.8, 4) is 0 Å². The molecule has 1 fully saturated rings. The Morgan fingerprint density at radius 3 is 3.00 bits per heavy atom. The number of amides is 1. The lowest BCUT2D eigenvalue weighted by atomic mass is 10.2. The molecule has 0 bridgehead atoms. The maximum absolute atomic E-state index is 11.9. The summed E-state index contributed by atoms with van der Waals surface area (Å²) in [6.07, 6.45) is 1.46. The van der Waals surface area contributed by atoms with Gasteiger partial charge in [0.1, 0.15) is 6.10 Å². The van der Waals surface area contributed by atoms with E-state index in [1.807, 2.05) is 6.92 Å². The molecule has 2 atom stereocenters. The molecule has 0 saturated carbocycles. The summed E-state index contributed by atoms with van der Waals surface area (Å²) in [5, 5.41) is 4.91. The van der Waals surface area contributed by atoms with Gasteiger partial charge in [0.15, 0.2) is 5.13 Å². The second kappa shape index (κ2) is 6.12. The van der Waals surface area contributed by atoms with Crippen molar-refractivity contribution in [2.45, 2.75) is 38.4 Å². The molecule has 1 N–H and O–H groups in total. The van der Waals surface area contributed by atoms with E-state index in [0.717, 1.165) is 12.8 Å². The molecule has 2 unspecified atom stereocenters. The molecule has 1 aromatic heterocycles. The fourth-order valence-electron chi connectivity index (χ4n) is 1.85. The van der Waals surface area contributed by atoms with Gasteiger partial charge in [-0.2, -0.15) is 0 Å². The monoisotopic (exact) mass is 284 g/mol. The molecule has 1 aliphatic rings. The third kappa shape index (κ3) is 3.74. The summed E-state index contributed by atoms with van der Waals surface area (Å²) in [6, 6.07) is 0. The van der Waals surface area contributed by atoms with Crippen molar-refractivity contribution in [3.63, 3.8) is 0 Å². The van der Waals surface area contributed by atoms with Crippen molar-refractivity contribution in [2.75, 3.05) is 12.4 Å². The highest BCUT2D eigenvalue weighted by molar-refractivity contribution is 7.13. The number of esters is 1. The molecule has 0 aliphatic carbocycles. The first-order valence-electron chi connectivity index (χ1n) is 6.06. The van der Waals surface area contributed by atoms with E-state index in [4.69, 9.17) is 4.74 Å². The molecular formula is C12H16N2O4S. The molecule has 2 rings (SSSR count). The van der Waals surface area contributed by atoms with Gasteiger partial charge >= 0.3 is 5.97 Å². The van der Waals surface area contributed by atoms with Gasteiger partial charge in [-0.05, 0) is 19.8 Å². The van der Waals surface area contributed by atoms with Crippen LogP contribution in [0.2, 0.25) is 0 Å². The van der Waals surface area contributed by atoms with E-state index in [1.54, 1.807) is 5.38 Å². The molecule has 0 radical (unpaired) electrons. The van der Waals surface area contributed by atoms with Gasteiger partial charge in [0.05, 0.1) is 25.3 Å². The number of carbonyl (C=O) groups is 2. The Morgan fingerprint density at radius 2 is 2.37 bits per heavy atom. The lowest BCUT2D eigenvalue weighted by Gasteiger charge is -2.09. The van der Waals surface area contributed by atoms with Crippen molar-refractivity contribution in [1.29, 1.82) is 0 Å². The molecule has 7 heteroatoms. The summed E-state index contributed by atoms with van der Waals surface area (Å²) < 4.78 is 10.0. The average Bonchev–Trinajstić information content (AvgIpc) is 2.98. The van der Waals surface area contributed by atoms with Gasteiger partial charge in [0, 0.05) is 5.38 Å². The summed E-state index contributed by atoms with van der Waals surface area (Å²) in [7, 11) is 1.33. The molecule has 0 aromatic carbocycles. The number of thiazole rings is 1. The van der Waals surface area contributed by atoms with Crippen LogP contribution in [-0.4, -0.2) is 36.2 Å². The predicted octanol–water partition coefficient (Wildman–Crippen LogP) is 1.36. The molecule has 1 aliphatic heterocycles. The highest BCUT2D eigenvalue weighted by Gasteiger charge is 2.28. The van der Waals surface area contributed by atoms with Crippen molar-refractivity contribution < 1.29 is 19.1 Å². The number of ether oxygens (including phenoxy) is 2. The summed E-state index contributed by atoms with van der Waals surface area (Å²) in [4.78, 5) is 27.1. The van der Waals surface area contributed by atoms with E-state index in [0.29, 0.717) is 10.8 Å². The first-order valence-corrected chi connectivity index (χ1v) is 6.94. The fourth-order valence-corrected chi connectivity index (χ4v) is 2.56. The van der Waals surface area contributed by atoms with Crippen LogP contribution in [0.1, 0.15) is 25.5 Å². The summed E-state index contributed by atoms with van der Waals surface area (Å²) in [6.45, 7) is 1.95. The fraction of sp³-hybridized carbons (Fsp3) is 0.583.